The topological polar surface area (TPSA) is 75.7 Å². The van der Waals surface area contributed by atoms with Crippen molar-refractivity contribution in [3.63, 3.8) is 0 Å². The molecule has 144 valence electrons. The first-order valence-electron chi connectivity index (χ1n) is 8.89. The number of aryl methyl sites for hydroxylation is 1. The zero-order valence-electron chi connectivity index (χ0n) is 15.5. The SMILES string of the molecule is Cc1ccc(CS(=O)(=O)Nc2ccc(C(=O)N3CCOC(C)C3)cc2)cc1. The molecule has 1 heterocycles. The van der Waals surface area contributed by atoms with Crippen LogP contribution in [0.2, 0.25) is 0 Å². The zero-order valence-corrected chi connectivity index (χ0v) is 16.3. The molecule has 0 radical (unpaired) electrons. The highest BCUT2D eigenvalue weighted by Crippen LogP contribution is 2.17. The van der Waals surface area contributed by atoms with Gasteiger partial charge in [0.15, 0.2) is 0 Å². The van der Waals surface area contributed by atoms with Crippen molar-refractivity contribution in [2.24, 2.45) is 0 Å². The van der Waals surface area contributed by atoms with Gasteiger partial charge in [-0.3, -0.25) is 9.52 Å². The minimum atomic E-state index is -3.52. The Bertz CT molecular complexity index is 893. The number of sulfonamides is 1. The highest BCUT2D eigenvalue weighted by Gasteiger charge is 2.22. The van der Waals surface area contributed by atoms with Crippen molar-refractivity contribution in [2.45, 2.75) is 25.7 Å². The van der Waals surface area contributed by atoms with Crippen LogP contribution in [0.4, 0.5) is 5.69 Å². The molecule has 3 rings (SSSR count). The Morgan fingerprint density at radius 1 is 1.15 bits per heavy atom. The summed E-state index contributed by atoms with van der Waals surface area (Å²) in [4.78, 5) is 14.3. The molecule has 0 spiro atoms. The maximum atomic E-state index is 12.5. The summed E-state index contributed by atoms with van der Waals surface area (Å²) in [6, 6.07) is 13.9. The number of morpholine rings is 1. The summed E-state index contributed by atoms with van der Waals surface area (Å²) in [6.45, 7) is 5.55. The van der Waals surface area contributed by atoms with E-state index in [0.29, 0.717) is 30.9 Å². The Morgan fingerprint density at radius 3 is 2.44 bits per heavy atom. The highest BCUT2D eigenvalue weighted by atomic mass is 32.2. The van der Waals surface area contributed by atoms with Crippen molar-refractivity contribution in [1.29, 1.82) is 0 Å². The summed E-state index contributed by atoms with van der Waals surface area (Å²) in [6.07, 6.45) is 0.0237. The number of ether oxygens (including phenoxy) is 1. The summed E-state index contributed by atoms with van der Waals surface area (Å²) in [5, 5.41) is 0. The molecule has 7 heteroatoms. The van der Waals surface area contributed by atoms with E-state index in [1.165, 1.54) is 0 Å². The Labute approximate surface area is 160 Å². The first kappa shape index (κ1) is 19.4. The summed E-state index contributed by atoms with van der Waals surface area (Å²) >= 11 is 0. The molecular formula is C20H24N2O4S. The lowest BCUT2D eigenvalue weighted by Gasteiger charge is -2.31. The van der Waals surface area contributed by atoms with Gasteiger partial charge in [0.25, 0.3) is 5.91 Å². The second-order valence-electron chi connectivity index (χ2n) is 6.86. The van der Waals surface area contributed by atoms with E-state index in [-0.39, 0.29) is 17.8 Å². The molecular weight excluding hydrogens is 364 g/mol. The van der Waals surface area contributed by atoms with Gasteiger partial charge in [0.05, 0.1) is 18.5 Å². The molecule has 2 aromatic rings. The number of rotatable bonds is 5. The number of hydrogen-bond acceptors (Lipinski definition) is 4. The third kappa shape index (κ3) is 5.30. The smallest absolute Gasteiger partial charge is 0.254 e. The largest absolute Gasteiger partial charge is 0.375 e. The van der Waals surface area contributed by atoms with Gasteiger partial charge in [-0.25, -0.2) is 8.42 Å². The molecule has 27 heavy (non-hydrogen) atoms. The first-order chi connectivity index (χ1) is 12.8. The summed E-state index contributed by atoms with van der Waals surface area (Å²) in [7, 11) is -3.52. The summed E-state index contributed by atoms with van der Waals surface area (Å²) < 4.78 is 32.7. The quantitative estimate of drug-likeness (QED) is 0.855. The fourth-order valence-corrected chi connectivity index (χ4v) is 4.18. The van der Waals surface area contributed by atoms with Crippen LogP contribution in [0.3, 0.4) is 0 Å². The molecule has 0 saturated carbocycles. The van der Waals surface area contributed by atoms with E-state index in [0.717, 1.165) is 11.1 Å². The third-order valence-electron chi connectivity index (χ3n) is 4.41. The van der Waals surface area contributed by atoms with Crippen molar-refractivity contribution in [3.8, 4) is 0 Å². The van der Waals surface area contributed by atoms with Gasteiger partial charge in [0.1, 0.15) is 0 Å². The van der Waals surface area contributed by atoms with Crippen molar-refractivity contribution in [3.05, 3.63) is 65.2 Å². The first-order valence-corrected chi connectivity index (χ1v) is 10.5. The minimum Gasteiger partial charge on any atom is -0.375 e. The van der Waals surface area contributed by atoms with E-state index in [1.54, 1.807) is 41.3 Å². The monoisotopic (exact) mass is 388 g/mol. The fraction of sp³-hybridized carbons (Fsp3) is 0.350. The summed E-state index contributed by atoms with van der Waals surface area (Å²) in [5.41, 5.74) is 2.78. The van der Waals surface area contributed by atoms with Gasteiger partial charge in [-0.05, 0) is 43.7 Å². The molecule has 6 nitrogen and oxygen atoms in total. The molecule has 1 aliphatic heterocycles. The van der Waals surface area contributed by atoms with E-state index in [9.17, 15) is 13.2 Å². The van der Waals surface area contributed by atoms with Crippen molar-refractivity contribution >= 4 is 21.6 Å². The Balaban J connectivity index is 1.64. The maximum absolute atomic E-state index is 12.5. The van der Waals surface area contributed by atoms with Gasteiger partial charge in [0, 0.05) is 24.3 Å². The van der Waals surface area contributed by atoms with Crippen LogP contribution in [0, 0.1) is 6.92 Å². The lowest BCUT2D eigenvalue weighted by atomic mass is 10.1. The molecule has 2 aromatic carbocycles. The average Bonchev–Trinajstić information content (AvgIpc) is 2.63. The summed E-state index contributed by atoms with van der Waals surface area (Å²) in [5.74, 6) is -0.168. The van der Waals surface area contributed by atoms with Gasteiger partial charge >= 0.3 is 0 Å². The van der Waals surface area contributed by atoms with Gasteiger partial charge in [0.2, 0.25) is 10.0 Å². The second kappa shape index (κ2) is 8.10. The van der Waals surface area contributed by atoms with Crippen molar-refractivity contribution in [2.75, 3.05) is 24.4 Å². The molecule has 1 saturated heterocycles. The maximum Gasteiger partial charge on any atom is 0.254 e. The number of nitrogens with zero attached hydrogens (tertiary/aromatic N) is 1. The van der Waals surface area contributed by atoms with Crippen LogP contribution in [-0.2, 0) is 20.5 Å². The standard InChI is InChI=1S/C20H24N2O4S/c1-15-3-5-17(6-4-15)14-27(24,25)21-19-9-7-18(8-10-19)20(23)22-11-12-26-16(2)13-22/h3-10,16,21H,11-14H2,1-2H3. The normalized spacial score (nSPS) is 17.6. The van der Waals surface area contributed by atoms with E-state index in [4.69, 9.17) is 4.74 Å². The lowest BCUT2D eigenvalue weighted by Crippen LogP contribution is -2.44. The van der Waals surface area contributed by atoms with Gasteiger partial charge < -0.3 is 9.64 Å². The Morgan fingerprint density at radius 2 is 1.81 bits per heavy atom. The third-order valence-corrected chi connectivity index (χ3v) is 5.67. The number of anilines is 1. The van der Waals surface area contributed by atoms with E-state index < -0.39 is 10.0 Å². The van der Waals surface area contributed by atoms with Crippen molar-refractivity contribution < 1.29 is 17.9 Å². The Kier molecular flexibility index (Phi) is 5.82. The van der Waals surface area contributed by atoms with E-state index in [2.05, 4.69) is 4.72 Å². The van der Waals surface area contributed by atoms with Crippen LogP contribution < -0.4 is 4.72 Å². The second-order valence-corrected chi connectivity index (χ2v) is 8.58. The molecule has 1 amide bonds. The molecule has 0 aromatic heterocycles. The van der Waals surface area contributed by atoms with Crippen LogP contribution in [-0.4, -0.2) is 45.0 Å². The average molecular weight is 388 g/mol. The minimum absolute atomic E-state index is 0.0237. The molecule has 1 atom stereocenters. The highest BCUT2D eigenvalue weighted by molar-refractivity contribution is 7.91. The Hall–Kier alpha value is -2.38. The van der Waals surface area contributed by atoms with Crippen LogP contribution in [0.15, 0.2) is 48.5 Å². The number of nitrogens with one attached hydrogen (secondary N) is 1. The number of amides is 1. The van der Waals surface area contributed by atoms with E-state index >= 15 is 0 Å². The van der Waals surface area contributed by atoms with Gasteiger partial charge in [-0.1, -0.05) is 29.8 Å². The zero-order chi connectivity index (χ0) is 19.4. The molecule has 0 bridgehead atoms. The van der Waals surface area contributed by atoms with Crippen LogP contribution in [0.5, 0.6) is 0 Å². The number of benzene rings is 2. The molecule has 1 aliphatic rings. The van der Waals surface area contributed by atoms with Crippen LogP contribution >= 0.6 is 0 Å². The molecule has 0 aliphatic carbocycles. The number of carbonyl (C=O) groups is 1. The number of hydrogen-bond donors (Lipinski definition) is 1. The lowest BCUT2D eigenvalue weighted by molar-refractivity contribution is -0.0124. The fourth-order valence-electron chi connectivity index (χ4n) is 2.99. The molecule has 1 N–H and O–H groups in total. The molecule has 1 fully saturated rings. The predicted octanol–water partition coefficient (Wildman–Crippen LogP) is 2.80. The van der Waals surface area contributed by atoms with Crippen LogP contribution in [0.1, 0.15) is 28.4 Å². The van der Waals surface area contributed by atoms with Gasteiger partial charge in [-0.2, -0.15) is 0 Å². The molecule has 1 unspecified atom stereocenters. The van der Waals surface area contributed by atoms with Gasteiger partial charge in [-0.15, -0.1) is 0 Å². The van der Waals surface area contributed by atoms with E-state index in [1.807, 2.05) is 26.0 Å². The number of carbonyl (C=O) groups excluding carboxylic acids is 1. The predicted molar refractivity (Wildman–Crippen MR) is 105 cm³/mol. The van der Waals surface area contributed by atoms with Crippen molar-refractivity contribution in [1.82, 2.24) is 4.90 Å². The van der Waals surface area contributed by atoms with Crippen LogP contribution in [0.25, 0.3) is 0 Å².